The molecular weight excluding hydrogens is 377 g/mol. The maximum atomic E-state index is 12.6. The van der Waals surface area contributed by atoms with Gasteiger partial charge in [0.2, 0.25) is 0 Å². The van der Waals surface area contributed by atoms with Crippen LogP contribution in [0.5, 0.6) is 0 Å². The predicted molar refractivity (Wildman–Crippen MR) is 89.3 cm³/mol. The first-order valence-electron chi connectivity index (χ1n) is 6.56. The van der Waals surface area contributed by atoms with Gasteiger partial charge < -0.3 is 13.6 Å². The number of rotatable bonds is 6. The van der Waals surface area contributed by atoms with Crippen molar-refractivity contribution in [3.05, 3.63) is 32.0 Å². The fourth-order valence-corrected chi connectivity index (χ4v) is 5.90. The summed E-state index contributed by atoms with van der Waals surface area (Å²) >= 11 is 4.89. The highest BCUT2D eigenvalue weighted by atomic mass is 79.9. The minimum absolute atomic E-state index is 0.0710. The SMILES string of the molecule is CCOP(=O)(Cc1cc2c(=O)n(C)cc(Br)c2s1)OCC. The van der Waals surface area contributed by atoms with Gasteiger partial charge in [0.05, 0.1) is 33.9 Å². The molecule has 2 aromatic rings. The molecule has 0 N–H and O–H groups in total. The molecule has 2 rings (SSSR count). The molecule has 2 aromatic heterocycles. The van der Waals surface area contributed by atoms with E-state index in [1.165, 1.54) is 15.9 Å². The minimum Gasteiger partial charge on any atom is -0.317 e. The number of pyridine rings is 1. The van der Waals surface area contributed by atoms with Crippen LogP contribution < -0.4 is 5.56 Å². The summed E-state index contributed by atoms with van der Waals surface area (Å²) in [4.78, 5) is 12.9. The Balaban J connectivity index is 2.44. The first-order chi connectivity index (χ1) is 9.90. The second-order valence-electron chi connectivity index (χ2n) is 4.45. The van der Waals surface area contributed by atoms with Crippen LogP contribution in [0.3, 0.4) is 0 Å². The molecule has 0 unspecified atom stereocenters. The largest absolute Gasteiger partial charge is 0.335 e. The van der Waals surface area contributed by atoms with Gasteiger partial charge in [0.1, 0.15) is 0 Å². The van der Waals surface area contributed by atoms with Gasteiger partial charge in [-0.1, -0.05) is 0 Å². The number of hydrogen-bond donors (Lipinski definition) is 0. The van der Waals surface area contributed by atoms with Gasteiger partial charge in [-0.05, 0) is 35.8 Å². The molecule has 0 saturated heterocycles. The predicted octanol–water partition coefficient (Wildman–Crippen LogP) is 4.13. The van der Waals surface area contributed by atoms with E-state index in [9.17, 15) is 9.36 Å². The second-order valence-corrected chi connectivity index (χ2v) is 8.50. The first-order valence-corrected chi connectivity index (χ1v) is 9.89. The Morgan fingerprint density at radius 3 is 2.52 bits per heavy atom. The van der Waals surface area contributed by atoms with Crippen molar-refractivity contribution in [2.24, 2.45) is 7.05 Å². The Kier molecular flexibility index (Phi) is 5.43. The van der Waals surface area contributed by atoms with Crippen LogP contribution in [0.4, 0.5) is 0 Å². The topological polar surface area (TPSA) is 57.5 Å². The molecule has 5 nitrogen and oxygen atoms in total. The van der Waals surface area contributed by atoms with E-state index in [2.05, 4.69) is 15.9 Å². The molecule has 0 radical (unpaired) electrons. The van der Waals surface area contributed by atoms with Crippen molar-refractivity contribution in [2.75, 3.05) is 13.2 Å². The second kappa shape index (κ2) is 6.75. The lowest BCUT2D eigenvalue weighted by Crippen LogP contribution is -2.15. The van der Waals surface area contributed by atoms with Crippen LogP contribution in [-0.4, -0.2) is 17.8 Å². The zero-order valence-corrected chi connectivity index (χ0v) is 15.4. The molecule has 0 aromatic carbocycles. The van der Waals surface area contributed by atoms with Crippen molar-refractivity contribution in [2.45, 2.75) is 20.0 Å². The number of nitrogens with zero attached hydrogens (tertiary/aromatic N) is 1. The van der Waals surface area contributed by atoms with Crippen LogP contribution >= 0.6 is 34.9 Å². The van der Waals surface area contributed by atoms with Gasteiger partial charge in [-0.2, -0.15) is 0 Å². The lowest BCUT2D eigenvalue weighted by atomic mass is 10.3. The summed E-state index contributed by atoms with van der Waals surface area (Å²) < 4.78 is 26.4. The normalized spacial score (nSPS) is 12.2. The number of thiophene rings is 1. The van der Waals surface area contributed by atoms with Crippen LogP contribution in [-0.2, 0) is 26.8 Å². The molecule has 0 saturated carbocycles. The fourth-order valence-electron chi connectivity index (χ4n) is 2.05. The molecule has 0 aliphatic rings. The van der Waals surface area contributed by atoms with Crippen LogP contribution in [0.15, 0.2) is 21.5 Å². The highest BCUT2D eigenvalue weighted by molar-refractivity contribution is 9.10. The zero-order chi connectivity index (χ0) is 15.6. The molecule has 21 heavy (non-hydrogen) atoms. The van der Waals surface area contributed by atoms with E-state index in [4.69, 9.17) is 9.05 Å². The molecular formula is C13H17BrNO4PS. The lowest BCUT2D eigenvalue weighted by Gasteiger charge is -2.15. The minimum atomic E-state index is -3.15. The Labute approximate surface area is 135 Å². The van der Waals surface area contributed by atoms with Crippen molar-refractivity contribution in [1.29, 1.82) is 0 Å². The molecule has 8 heteroatoms. The summed E-state index contributed by atoms with van der Waals surface area (Å²) in [5.74, 6) is 0. The van der Waals surface area contributed by atoms with E-state index < -0.39 is 7.60 Å². The molecule has 0 aliphatic carbocycles. The number of fused-ring (bicyclic) bond motifs is 1. The van der Waals surface area contributed by atoms with E-state index >= 15 is 0 Å². The van der Waals surface area contributed by atoms with Crippen LogP contribution in [0.2, 0.25) is 0 Å². The standard InChI is InChI=1S/C13H17BrNO4PS/c1-4-18-20(17,19-5-2)8-9-6-10-12(21-9)11(14)7-15(3)13(10)16/h6-7H,4-5,8H2,1-3H3. The van der Waals surface area contributed by atoms with Crippen molar-refractivity contribution < 1.29 is 13.6 Å². The molecule has 0 fully saturated rings. The van der Waals surface area contributed by atoms with E-state index in [0.717, 1.165) is 14.0 Å². The molecule has 0 bridgehead atoms. The molecule has 2 heterocycles. The van der Waals surface area contributed by atoms with Crippen LogP contribution in [0, 0.1) is 0 Å². The van der Waals surface area contributed by atoms with Crippen molar-refractivity contribution in [3.63, 3.8) is 0 Å². The Hall–Kier alpha value is -0.460. The van der Waals surface area contributed by atoms with Gasteiger partial charge in [-0.25, -0.2) is 0 Å². The Bertz CT molecular complexity index is 744. The summed E-state index contributed by atoms with van der Waals surface area (Å²) in [6, 6.07) is 1.78. The lowest BCUT2D eigenvalue weighted by molar-refractivity contribution is 0.219. The third kappa shape index (κ3) is 3.66. The number of aryl methyl sites for hydroxylation is 1. The van der Waals surface area contributed by atoms with E-state index in [-0.39, 0.29) is 11.7 Å². The van der Waals surface area contributed by atoms with Crippen LogP contribution in [0.1, 0.15) is 18.7 Å². The summed E-state index contributed by atoms with van der Waals surface area (Å²) in [6.07, 6.45) is 1.92. The fraction of sp³-hybridized carbons (Fsp3) is 0.462. The molecule has 0 aliphatic heterocycles. The average molecular weight is 394 g/mol. The van der Waals surface area contributed by atoms with Gasteiger partial charge in [-0.3, -0.25) is 9.36 Å². The smallest absolute Gasteiger partial charge is 0.317 e. The van der Waals surface area contributed by atoms with Gasteiger partial charge in [0, 0.05) is 18.1 Å². The van der Waals surface area contributed by atoms with E-state index in [1.807, 2.05) is 0 Å². The number of aromatic nitrogens is 1. The van der Waals surface area contributed by atoms with Crippen molar-refractivity contribution in [3.8, 4) is 0 Å². The summed E-state index contributed by atoms with van der Waals surface area (Å²) in [6.45, 7) is 4.22. The number of halogens is 1. The van der Waals surface area contributed by atoms with Crippen molar-refractivity contribution >= 4 is 44.9 Å². The maximum absolute atomic E-state index is 12.6. The molecule has 0 amide bonds. The summed E-state index contributed by atoms with van der Waals surface area (Å²) in [5.41, 5.74) is -0.0710. The number of hydrogen-bond acceptors (Lipinski definition) is 5. The van der Waals surface area contributed by atoms with Crippen molar-refractivity contribution in [1.82, 2.24) is 4.57 Å². The third-order valence-electron chi connectivity index (χ3n) is 2.86. The van der Waals surface area contributed by atoms with Gasteiger partial charge in [-0.15, -0.1) is 11.3 Å². The summed E-state index contributed by atoms with van der Waals surface area (Å²) in [5, 5.41) is 0.617. The van der Waals surface area contributed by atoms with Gasteiger partial charge in [0.15, 0.2) is 0 Å². The quantitative estimate of drug-likeness (QED) is 0.692. The third-order valence-corrected chi connectivity index (χ3v) is 7.14. The summed E-state index contributed by atoms with van der Waals surface area (Å²) in [7, 11) is -1.45. The van der Waals surface area contributed by atoms with E-state index in [1.54, 1.807) is 33.2 Å². The molecule has 116 valence electrons. The zero-order valence-electron chi connectivity index (χ0n) is 12.1. The maximum Gasteiger partial charge on any atom is 0.335 e. The monoisotopic (exact) mass is 393 g/mol. The van der Waals surface area contributed by atoms with E-state index in [0.29, 0.717) is 18.6 Å². The van der Waals surface area contributed by atoms with Gasteiger partial charge >= 0.3 is 7.60 Å². The highest BCUT2D eigenvalue weighted by Gasteiger charge is 2.25. The van der Waals surface area contributed by atoms with Gasteiger partial charge in [0.25, 0.3) is 5.56 Å². The Morgan fingerprint density at radius 2 is 1.95 bits per heavy atom. The molecule has 0 spiro atoms. The molecule has 0 atom stereocenters. The Morgan fingerprint density at radius 1 is 1.33 bits per heavy atom. The first kappa shape index (κ1) is 16.9. The van der Waals surface area contributed by atoms with Crippen LogP contribution in [0.25, 0.3) is 10.1 Å². The average Bonchev–Trinajstić information content (AvgIpc) is 2.80. The highest BCUT2D eigenvalue weighted by Crippen LogP contribution is 2.52.